The molecule has 118 valence electrons. The second kappa shape index (κ2) is 6.65. The molecule has 1 aliphatic carbocycles. The predicted molar refractivity (Wildman–Crippen MR) is 90.4 cm³/mol. The smallest absolute Gasteiger partial charge is 0.125 e. The first-order chi connectivity index (χ1) is 9.90. The highest BCUT2D eigenvalue weighted by Crippen LogP contribution is 2.30. The van der Waals surface area contributed by atoms with Gasteiger partial charge in [0.25, 0.3) is 0 Å². The fraction of sp³-hybridized carbons (Fsp3) is 0.706. The van der Waals surface area contributed by atoms with Crippen LogP contribution in [0.3, 0.4) is 0 Å². The highest BCUT2D eigenvalue weighted by Gasteiger charge is 2.27. The van der Waals surface area contributed by atoms with Crippen LogP contribution in [0.4, 0.5) is 0 Å². The molecule has 3 unspecified atom stereocenters. The second-order valence-electron chi connectivity index (χ2n) is 6.78. The minimum atomic E-state index is 0.283. The van der Waals surface area contributed by atoms with E-state index in [-0.39, 0.29) is 6.04 Å². The lowest BCUT2D eigenvalue weighted by Gasteiger charge is -2.33. The highest BCUT2D eigenvalue weighted by atomic mass is 15.2. The number of rotatable bonds is 3. The van der Waals surface area contributed by atoms with Crippen molar-refractivity contribution in [3.63, 3.8) is 0 Å². The van der Waals surface area contributed by atoms with Gasteiger partial charge in [0.2, 0.25) is 0 Å². The van der Waals surface area contributed by atoms with Gasteiger partial charge in [-0.1, -0.05) is 13.5 Å². The van der Waals surface area contributed by atoms with Crippen LogP contribution in [0, 0.1) is 5.92 Å². The Morgan fingerprint density at radius 2 is 2.14 bits per heavy atom. The number of likely N-dealkylation sites (N-methyl/N-ethyl adjacent to an activating group) is 1. The molecule has 0 radical (unpaired) electrons. The lowest BCUT2D eigenvalue weighted by molar-refractivity contribution is 0.272. The van der Waals surface area contributed by atoms with E-state index in [1.807, 2.05) is 0 Å². The summed E-state index contributed by atoms with van der Waals surface area (Å²) in [5, 5.41) is 0. The van der Waals surface area contributed by atoms with Crippen molar-refractivity contribution in [1.82, 2.24) is 9.80 Å². The van der Waals surface area contributed by atoms with E-state index in [0.717, 1.165) is 24.6 Å². The van der Waals surface area contributed by atoms with Gasteiger partial charge in [-0.2, -0.15) is 0 Å². The fourth-order valence-electron chi connectivity index (χ4n) is 3.25. The molecule has 0 aromatic rings. The average molecular weight is 290 g/mol. The molecule has 21 heavy (non-hydrogen) atoms. The third kappa shape index (κ3) is 3.67. The lowest BCUT2D eigenvalue weighted by atomic mass is 9.99. The Bertz CT molecular complexity index is 450. The van der Waals surface area contributed by atoms with Crippen LogP contribution in [0.1, 0.15) is 33.1 Å². The van der Waals surface area contributed by atoms with Crippen molar-refractivity contribution in [3.05, 3.63) is 23.9 Å². The number of hydrogen-bond acceptors (Lipinski definition) is 4. The quantitative estimate of drug-likeness (QED) is 0.867. The zero-order valence-corrected chi connectivity index (χ0v) is 14.0. The predicted octanol–water partition coefficient (Wildman–Crippen LogP) is 2.24. The molecular weight excluding hydrogens is 260 g/mol. The number of aliphatic imine (C=N–C) groups is 1. The monoisotopic (exact) mass is 290 g/mol. The Morgan fingerprint density at radius 1 is 1.43 bits per heavy atom. The molecule has 1 aliphatic heterocycles. The van der Waals surface area contributed by atoms with Gasteiger partial charge >= 0.3 is 0 Å². The molecule has 0 amide bonds. The van der Waals surface area contributed by atoms with E-state index in [2.05, 4.69) is 55.5 Å². The minimum absolute atomic E-state index is 0.283. The van der Waals surface area contributed by atoms with Crippen molar-refractivity contribution in [3.8, 4) is 0 Å². The van der Waals surface area contributed by atoms with Crippen molar-refractivity contribution in [2.45, 2.75) is 45.2 Å². The summed E-state index contributed by atoms with van der Waals surface area (Å²) in [6.07, 6.45) is 6.20. The number of nitrogens with zero attached hydrogens (tertiary/aromatic N) is 3. The largest absolute Gasteiger partial charge is 0.384 e. The number of nitrogens with two attached hydrogens (primary N) is 1. The summed E-state index contributed by atoms with van der Waals surface area (Å²) in [4.78, 5) is 9.17. The van der Waals surface area contributed by atoms with Crippen LogP contribution in [-0.2, 0) is 0 Å². The molecule has 2 rings (SSSR count). The summed E-state index contributed by atoms with van der Waals surface area (Å²) in [6.45, 7) is 10.4. The van der Waals surface area contributed by atoms with Gasteiger partial charge in [-0.25, -0.2) is 0 Å². The van der Waals surface area contributed by atoms with Gasteiger partial charge in [-0.3, -0.25) is 4.99 Å². The van der Waals surface area contributed by atoms with Crippen LogP contribution in [0.5, 0.6) is 0 Å². The number of amidine groups is 1. The van der Waals surface area contributed by atoms with Gasteiger partial charge in [-0.15, -0.1) is 0 Å². The molecule has 4 heteroatoms. The minimum Gasteiger partial charge on any atom is -0.384 e. The molecule has 3 atom stereocenters. The van der Waals surface area contributed by atoms with Gasteiger partial charge in [0.1, 0.15) is 5.84 Å². The van der Waals surface area contributed by atoms with Gasteiger partial charge < -0.3 is 15.5 Å². The standard InChI is InChI=1S/C17H30N4/c1-12-6-7-15(10-12)21-9-8-19-17(18)13(2)16(11-21)14(3)20(4)5/h11-12,14-15H,2,6-10H2,1,3-5H3,(H2,18,19)/b16-11+. The SMILES string of the molecule is C=C1/C(C(C)N(C)C)=C\N(C2CCC(C)C2)CC/N=C\1N. The third-order valence-electron chi connectivity index (χ3n) is 4.96. The molecule has 0 aromatic heterocycles. The van der Waals surface area contributed by atoms with Crippen LogP contribution < -0.4 is 5.73 Å². The van der Waals surface area contributed by atoms with E-state index in [1.54, 1.807) is 0 Å². The highest BCUT2D eigenvalue weighted by molar-refractivity contribution is 6.00. The maximum absolute atomic E-state index is 6.07. The Balaban J connectivity index is 2.28. The molecule has 1 saturated carbocycles. The summed E-state index contributed by atoms with van der Waals surface area (Å²) in [5.41, 5.74) is 8.15. The maximum atomic E-state index is 6.07. The normalized spacial score (nSPS) is 34.0. The molecule has 2 aliphatic rings. The maximum Gasteiger partial charge on any atom is 0.125 e. The van der Waals surface area contributed by atoms with Crippen molar-refractivity contribution in [1.29, 1.82) is 0 Å². The van der Waals surface area contributed by atoms with E-state index < -0.39 is 0 Å². The Hall–Kier alpha value is -1.29. The zero-order chi connectivity index (χ0) is 15.6. The van der Waals surface area contributed by atoms with Crippen molar-refractivity contribution >= 4 is 5.84 Å². The van der Waals surface area contributed by atoms with Crippen LogP contribution in [0.2, 0.25) is 0 Å². The third-order valence-corrected chi connectivity index (χ3v) is 4.96. The van der Waals surface area contributed by atoms with Crippen molar-refractivity contribution in [2.24, 2.45) is 16.6 Å². The average Bonchev–Trinajstić information content (AvgIpc) is 2.85. The molecule has 0 spiro atoms. The second-order valence-corrected chi connectivity index (χ2v) is 6.78. The van der Waals surface area contributed by atoms with Crippen LogP contribution >= 0.6 is 0 Å². The Kier molecular flexibility index (Phi) is 5.09. The number of hydrogen-bond donors (Lipinski definition) is 1. The van der Waals surface area contributed by atoms with E-state index in [9.17, 15) is 0 Å². The summed E-state index contributed by atoms with van der Waals surface area (Å²) in [7, 11) is 4.18. The first-order valence-electron chi connectivity index (χ1n) is 8.03. The summed E-state index contributed by atoms with van der Waals surface area (Å²) < 4.78 is 0. The van der Waals surface area contributed by atoms with Gasteiger partial charge in [0.05, 0.1) is 6.54 Å². The molecule has 0 aromatic carbocycles. The summed E-state index contributed by atoms with van der Waals surface area (Å²) in [6, 6.07) is 0.928. The van der Waals surface area contributed by atoms with Gasteiger partial charge in [-0.05, 0) is 51.8 Å². The topological polar surface area (TPSA) is 44.9 Å². The Morgan fingerprint density at radius 3 is 2.71 bits per heavy atom. The van der Waals surface area contributed by atoms with E-state index >= 15 is 0 Å². The Labute approximate surface area is 129 Å². The molecule has 0 bridgehead atoms. The molecule has 4 nitrogen and oxygen atoms in total. The van der Waals surface area contributed by atoms with Crippen LogP contribution in [-0.4, -0.2) is 54.9 Å². The van der Waals surface area contributed by atoms with E-state index in [1.165, 1.54) is 24.8 Å². The van der Waals surface area contributed by atoms with Gasteiger partial charge in [0.15, 0.2) is 0 Å². The van der Waals surface area contributed by atoms with Crippen LogP contribution in [0.25, 0.3) is 0 Å². The molecule has 1 heterocycles. The first kappa shape index (κ1) is 16.1. The van der Waals surface area contributed by atoms with Crippen molar-refractivity contribution < 1.29 is 0 Å². The summed E-state index contributed by atoms with van der Waals surface area (Å²) >= 11 is 0. The van der Waals surface area contributed by atoms with E-state index in [0.29, 0.717) is 11.9 Å². The van der Waals surface area contributed by atoms with Gasteiger partial charge in [0, 0.05) is 30.4 Å². The van der Waals surface area contributed by atoms with Crippen molar-refractivity contribution in [2.75, 3.05) is 27.2 Å². The fourth-order valence-corrected chi connectivity index (χ4v) is 3.25. The lowest BCUT2D eigenvalue weighted by Crippen LogP contribution is -2.37. The first-order valence-corrected chi connectivity index (χ1v) is 8.03. The summed E-state index contributed by atoms with van der Waals surface area (Å²) in [5.74, 6) is 1.43. The molecule has 2 N–H and O–H groups in total. The zero-order valence-electron chi connectivity index (χ0n) is 14.0. The molecule has 1 fully saturated rings. The molecule has 0 saturated heterocycles. The van der Waals surface area contributed by atoms with Crippen LogP contribution in [0.15, 0.2) is 28.9 Å². The molecular formula is C17H30N4. The van der Waals surface area contributed by atoms with E-state index in [4.69, 9.17) is 5.73 Å².